The first kappa shape index (κ1) is 10.9. The van der Waals surface area contributed by atoms with Gasteiger partial charge in [0, 0.05) is 18.1 Å². The van der Waals surface area contributed by atoms with Crippen molar-refractivity contribution in [3.63, 3.8) is 0 Å². The van der Waals surface area contributed by atoms with Crippen molar-refractivity contribution in [3.8, 4) is 0 Å². The van der Waals surface area contributed by atoms with Gasteiger partial charge in [0.15, 0.2) is 0 Å². The molecule has 2 rings (SSSR count). The fourth-order valence-electron chi connectivity index (χ4n) is 1.47. The second-order valence-electron chi connectivity index (χ2n) is 4.08. The molecule has 4 heteroatoms. The van der Waals surface area contributed by atoms with Crippen LogP contribution in [0.3, 0.4) is 0 Å². The maximum Gasteiger partial charge on any atom is 0.124 e. The number of hydrogen-bond acceptors (Lipinski definition) is 2. The van der Waals surface area contributed by atoms with E-state index in [1.54, 1.807) is 6.07 Å². The van der Waals surface area contributed by atoms with Crippen molar-refractivity contribution in [1.29, 1.82) is 0 Å². The number of nitrogens with one attached hydrogen (secondary N) is 1. The lowest BCUT2D eigenvalue weighted by atomic mass is 10.00. The van der Waals surface area contributed by atoms with Crippen LogP contribution in [-0.4, -0.2) is 18.7 Å². The highest BCUT2D eigenvalue weighted by Crippen LogP contribution is 2.22. The minimum atomic E-state index is -0.319. The molecular weight excluding hydrogens is 217 g/mol. The number of halogens is 2. The molecule has 1 saturated heterocycles. The summed E-state index contributed by atoms with van der Waals surface area (Å²) in [6.07, 6.45) is 0. The first-order valence-electron chi connectivity index (χ1n) is 4.88. The van der Waals surface area contributed by atoms with Gasteiger partial charge in [-0.1, -0.05) is 17.7 Å². The fraction of sp³-hybridized carbons (Fsp3) is 0.455. The Hall–Kier alpha value is -0.640. The summed E-state index contributed by atoms with van der Waals surface area (Å²) < 4.78 is 18.5. The highest BCUT2D eigenvalue weighted by atomic mass is 35.5. The van der Waals surface area contributed by atoms with Crippen LogP contribution in [0.25, 0.3) is 0 Å². The van der Waals surface area contributed by atoms with Gasteiger partial charge in [-0.3, -0.25) is 0 Å². The second-order valence-corrected chi connectivity index (χ2v) is 4.49. The summed E-state index contributed by atoms with van der Waals surface area (Å²) in [7, 11) is 0. The smallest absolute Gasteiger partial charge is 0.124 e. The van der Waals surface area contributed by atoms with Gasteiger partial charge in [-0.2, -0.15) is 0 Å². The molecule has 0 radical (unpaired) electrons. The molecule has 0 aromatic heterocycles. The van der Waals surface area contributed by atoms with E-state index in [0.29, 0.717) is 11.6 Å². The van der Waals surface area contributed by atoms with Crippen LogP contribution in [-0.2, 0) is 11.3 Å². The molecule has 1 fully saturated rings. The maximum absolute atomic E-state index is 12.8. The first-order valence-corrected chi connectivity index (χ1v) is 5.25. The van der Waals surface area contributed by atoms with E-state index in [0.717, 1.165) is 18.7 Å². The van der Waals surface area contributed by atoms with E-state index in [-0.39, 0.29) is 11.4 Å². The summed E-state index contributed by atoms with van der Waals surface area (Å²) in [5.74, 6) is -0.319. The number of ether oxygens (including phenoxy) is 1. The zero-order chi connectivity index (χ0) is 10.9. The minimum absolute atomic E-state index is 0.0995. The lowest BCUT2D eigenvalue weighted by Gasteiger charge is -2.39. The van der Waals surface area contributed by atoms with Gasteiger partial charge in [-0.25, -0.2) is 4.39 Å². The van der Waals surface area contributed by atoms with Gasteiger partial charge in [0.05, 0.1) is 12.2 Å². The number of hydrogen-bond donors (Lipinski definition) is 1. The Morgan fingerprint density at radius 2 is 2.27 bits per heavy atom. The van der Waals surface area contributed by atoms with Crippen LogP contribution in [0.15, 0.2) is 18.2 Å². The molecule has 0 aliphatic carbocycles. The van der Waals surface area contributed by atoms with Crippen LogP contribution in [0, 0.1) is 5.82 Å². The van der Waals surface area contributed by atoms with Gasteiger partial charge in [0.2, 0.25) is 0 Å². The highest BCUT2D eigenvalue weighted by Gasteiger charge is 2.32. The van der Waals surface area contributed by atoms with Gasteiger partial charge in [0.25, 0.3) is 0 Å². The summed E-state index contributed by atoms with van der Waals surface area (Å²) in [4.78, 5) is 0. The van der Waals surface area contributed by atoms with Gasteiger partial charge in [-0.15, -0.1) is 0 Å². The summed E-state index contributed by atoms with van der Waals surface area (Å²) in [6, 6.07) is 4.36. The van der Waals surface area contributed by atoms with Crippen molar-refractivity contribution in [3.05, 3.63) is 34.6 Å². The standard InChI is InChI=1S/C11H13ClFNO/c1-11(6-14-7-11)15-5-8-2-3-9(13)4-10(8)12/h2-4,14H,5-7H2,1H3. The topological polar surface area (TPSA) is 21.3 Å². The molecule has 0 atom stereocenters. The van der Waals surface area contributed by atoms with Crippen LogP contribution in [0.2, 0.25) is 5.02 Å². The monoisotopic (exact) mass is 229 g/mol. The van der Waals surface area contributed by atoms with Crippen molar-refractivity contribution in [2.24, 2.45) is 0 Å². The highest BCUT2D eigenvalue weighted by molar-refractivity contribution is 6.31. The predicted molar refractivity (Wildman–Crippen MR) is 57.5 cm³/mol. The van der Waals surface area contributed by atoms with E-state index in [4.69, 9.17) is 16.3 Å². The van der Waals surface area contributed by atoms with Gasteiger partial charge in [0.1, 0.15) is 5.82 Å². The molecule has 1 aliphatic rings. The Morgan fingerprint density at radius 1 is 1.53 bits per heavy atom. The molecule has 1 aliphatic heterocycles. The molecule has 1 heterocycles. The Labute approximate surface area is 93.4 Å². The zero-order valence-electron chi connectivity index (χ0n) is 8.52. The van der Waals surface area contributed by atoms with Crippen LogP contribution >= 0.6 is 11.6 Å². The molecular formula is C11H13ClFNO. The summed E-state index contributed by atoms with van der Waals surface area (Å²) in [5.41, 5.74) is 0.726. The van der Waals surface area contributed by atoms with Crippen molar-refractivity contribution in [2.45, 2.75) is 19.1 Å². The van der Waals surface area contributed by atoms with Gasteiger partial charge >= 0.3 is 0 Å². The predicted octanol–water partition coefficient (Wildman–Crippen LogP) is 2.36. The SMILES string of the molecule is CC1(OCc2ccc(F)cc2Cl)CNC1. The van der Waals surface area contributed by atoms with Gasteiger partial charge < -0.3 is 10.1 Å². The van der Waals surface area contributed by atoms with E-state index in [9.17, 15) is 4.39 Å². The third kappa shape index (κ3) is 2.48. The van der Waals surface area contributed by atoms with Crippen molar-refractivity contribution >= 4 is 11.6 Å². The zero-order valence-corrected chi connectivity index (χ0v) is 9.27. The van der Waals surface area contributed by atoms with E-state index >= 15 is 0 Å². The average Bonchev–Trinajstić information content (AvgIpc) is 2.14. The average molecular weight is 230 g/mol. The van der Waals surface area contributed by atoms with E-state index < -0.39 is 0 Å². The van der Waals surface area contributed by atoms with Crippen molar-refractivity contribution in [2.75, 3.05) is 13.1 Å². The molecule has 82 valence electrons. The molecule has 1 N–H and O–H groups in total. The Kier molecular flexibility index (Phi) is 2.96. The van der Waals surface area contributed by atoms with Crippen molar-refractivity contribution < 1.29 is 9.13 Å². The Balaban J connectivity index is 1.98. The molecule has 1 aromatic carbocycles. The van der Waals surface area contributed by atoms with E-state index in [1.165, 1.54) is 12.1 Å². The molecule has 2 nitrogen and oxygen atoms in total. The van der Waals surface area contributed by atoms with Crippen LogP contribution in [0.4, 0.5) is 4.39 Å². The van der Waals surface area contributed by atoms with Crippen LogP contribution in [0.5, 0.6) is 0 Å². The van der Waals surface area contributed by atoms with Crippen molar-refractivity contribution in [1.82, 2.24) is 5.32 Å². The van der Waals surface area contributed by atoms with Gasteiger partial charge in [-0.05, 0) is 24.6 Å². The normalized spacial score (nSPS) is 18.6. The quantitative estimate of drug-likeness (QED) is 0.859. The Bertz CT molecular complexity index is 366. The van der Waals surface area contributed by atoms with Crippen LogP contribution in [0.1, 0.15) is 12.5 Å². The second kappa shape index (κ2) is 4.08. The van der Waals surface area contributed by atoms with Crippen LogP contribution < -0.4 is 5.32 Å². The molecule has 0 bridgehead atoms. The molecule has 0 unspecified atom stereocenters. The summed E-state index contributed by atoms with van der Waals surface area (Å²) in [6.45, 7) is 4.18. The van der Waals surface area contributed by atoms with E-state index in [1.807, 2.05) is 6.92 Å². The lowest BCUT2D eigenvalue weighted by Crippen LogP contribution is -2.58. The Morgan fingerprint density at radius 3 is 2.80 bits per heavy atom. The lowest BCUT2D eigenvalue weighted by molar-refractivity contribution is -0.0767. The molecule has 15 heavy (non-hydrogen) atoms. The van der Waals surface area contributed by atoms with E-state index in [2.05, 4.69) is 5.32 Å². The molecule has 0 saturated carbocycles. The minimum Gasteiger partial charge on any atom is -0.368 e. The number of rotatable bonds is 3. The molecule has 0 spiro atoms. The third-order valence-electron chi connectivity index (χ3n) is 2.59. The maximum atomic E-state index is 12.8. The fourth-order valence-corrected chi connectivity index (χ4v) is 1.69. The molecule has 1 aromatic rings. The molecule has 0 amide bonds. The summed E-state index contributed by atoms with van der Waals surface area (Å²) in [5, 5.41) is 3.57. The largest absolute Gasteiger partial charge is 0.368 e. The summed E-state index contributed by atoms with van der Waals surface area (Å²) >= 11 is 5.88. The first-order chi connectivity index (χ1) is 7.09. The third-order valence-corrected chi connectivity index (χ3v) is 2.94. The number of benzene rings is 1.